The fourth-order valence-electron chi connectivity index (χ4n) is 2.74. The maximum absolute atomic E-state index is 12.5. The zero-order valence-electron chi connectivity index (χ0n) is 10.0. The van der Waals surface area contributed by atoms with Gasteiger partial charge in [0, 0.05) is 31.4 Å². The van der Waals surface area contributed by atoms with Crippen LogP contribution >= 0.6 is 0 Å². The van der Waals surface area contributed by atoms with Gasteiger partial charge in [-0.3, -0.25) is 4.79 Å². The summed E-state index contributed by atoms with van der Waals surface area (Å²) in [5, 5.41) is 0. The van der Waals surface area contributed by atoms with Crippen molar-refractivity contribution in [2.45, 2.75) is 37.8 Å². The number of hydrogen-bond donors (Lipinski definition) is 1. The van der Waals surface area contributed by atoms with Gasteiger partial charge in [-0.25, -0.2) is 0 Å². The second-order valence-electron chi connectivity index (χ2n) is 5.06. The van der Waals surface area contributed by atoms with Gasteiger partial charge >= 0.3 is 0 Å². The third-order valence-electron chi connectivity index (χ3n) is 3.85. The van der Waals surface area contributed by atoms with Gasteiger partial charge in [-0.05, 0) is 37.8 Å². The van der Waals surface area contributed by atoms with Crippen LogP contribution in [-0.4, -0.2) is 34.5 Å². The summed E-state index contributed by atoms with van der Waals surface area (Å²) in [4.78, 5) is 14.4. The fraction of sp³-hybridized carbons (Fsp3) is 0.615. The first-order chi connectivity index (χ1) is 8.31. The van der Waals surface area contributed by atoms with Crippen LogP contribution in [-0.2, 0) is 0 Å². The quantitative estimate of drug-likeness (QED) is 0.857. The van der Waals surface area contributed by atoms with E-state index in [1.165, 1.54) is 12.8 Å². The van der Waals surface area contributed by atoms with Gasteiger partial charge in [-0.2, -0.15) is 0 Å². The van der Waals surface area contributed by atoms with E-state index in [1.54, 1.807) is 0 Å². The molecule has 2 aliphatic rings. The average molecular weight is 233 g/mol. The van der Waals surface area contributed by atoms with E-state index in [0.29, 0.717) is 12.6 Å². The standard InChI is InChI=1S/C13H19N3O/c14-9-11-3-1-8-16(11)13(17)12-4-2-7-15(12)10-5-6-10/h2,4,7,10-11H,1,3,5-6,8-9,14H2. The highest BCUT2D eigenvalue weighted by Gasteiger charge is 2.32. The molecule has 3 rings (SSSR count). The first-order valence-corrected chi connectivity index (χ1v) is 6.49. The molecule has 2 heterocycles. The molecule has 1 aliphatic carbocycles. The smallest absolute Gasteiger partial charge is 0.270 e. The molecule has 0 spiro atoms. The van der Waals surface area contributed by atoms with E-state index in [1.807, 2.05) is 23.2 Å². The van der Waals surface area contributed by atoms with Gasteiger partial charge in [0.2, 0.25) is 0 Å². The zero-order valence-corrected chi connectivity index (χ0v) is 10.0. The van der Waals surface area contributed by atoms with Crippen LogP contribution in [0.1, 0.15) is 42.2 Å². The Labute approximate surface area is 101 Å². The summed E-state index contributed by atoms with van der Waals surface area (Å²) in [7, 11) is 0. The van der Waals surface area contributed by atoms with E-state index in [2.05, 4.69) is 4.57 Å². The number of amides is 1. The summed E-state index contributed by atoms with van der Waals surface area (Å²) in [5.74, 6) is 0.162. The number of carbonyl (C=O) groups is 1. The molecule has 1 aromatic rings. The molecule has 4 nitrogen and oxygen atoms in total. The molecule has 0 radical (unpaired) electrons. The van der Waals surface area contributed by atoms with Gasteiger partial charge in [0.1, 0.15) is 5.69 Å². The van der Waals surface area contributed by atoms with Crippen molar-refractivity contribution in [1.29, 1.82) is 0 Å². The molecule has 2 fully saturated rings. The van der Waals surface area contributed by atoms with Crippen LogP contribution in [0.2, 0.25) is 0 Å². The third kappa shape index (κ3) is 1.86. The van der Waals surface area contributed by atoms with Crippen LogP contribution in [0, 0.1) is 0 Å². The SMILES string of the molecule is NCC1CCCN1C(=O)c1cccn1C1CC1. The Kier molecular flexibility index (Phi) is 2.67. The predicted octanol–water partition coefficient (Wildman–Crippen LogP) is 1.39. The Morgan fingerprint density at radius 3 is 2.94 bits per heavy atom. The summed E-state index contributed by atoms with van der Waals surface area (Å²) >= 11 is 0. The maximum Gasteiger partial charge on any atom is 0.270 e. The fourth-order valence-corrected chi connectivity index (χ4v) is 2.74. The number of likely N-dealkylation sites (tertiary alicyclic amines) is 1. The summed E-state index contributed by atoms with van der Waals surface area (Å²) in [6.45, 7) is 1.44. The second-order valence-corrected chi connectivity index (χ2v) is 5.06. The highest BCUT2D eigenvalue weighted by atomic mass is 16.2. The summed E-state index contributed by atoms with van der Waals surface area (Å²) in [6, 6.07) is 4.71. The van der Waals surface area contributed by atoms with Crippen LogP contribution < -0.4 is 5.73 Å². The monoisotopic (exact) mass is 233 g/mol. The summed E-state index contributed by atoms with van der Waals surface area (Å²) in [5.41, 5.74) is 6.57. The van der Waals surface area contributed by atoms with Crippen molar-refractivity contribution in [3.05, 3.63) is 24.0 Å². The van der Waals surface area contributed by atoms with Gasteiger partial charge < -0.3 is 15.2 Å². The van der Waals surface area contributed by atoms with Crippen molar-refractivity contribution in [3.8, 4) is 0 Å². The molecule has 17 heavy (non-hydrogen) atoms. The lowest BCUT2D eigenvalue weighted by Gasteiger charge is -2.24. The first-order valence-electron chi connectivity index (χ1n) is 6.49. The highest BCUT2D eigenvalue weighted by molar-refractivity contribution is 5.93. The minimum absolute atomic E-state index is 0.162. The molecule has 1 atom stereocenters. The van der Waals surface area contributed by atoms with Crippen LogP contribution in [0.5, 0.6) is 0 Å². The molecule has 2 N–H and O–H groups in total. The molecule has 1 unspecified atom stereocenters. The molecule has 1 aliphatic heterocycles. The van der Waals surface area contributed by atoms with Crippen molar-refractivity contribution < 1.29 is 4.79 Å². The molecule has 1 amide bonds. The molecular formula is C13H19N3O. The van der Waals surface area contributed by atoms with E-state index < -0.39 is 0 Å². The Balaban J connectivity index is 1.83. The minimum atomic E-state index is 0.162. The van der Waals surface area contributed by atoms with Crippen molar-refractivity contribution in [2.75, 3.05) is 13.1 Å². The van der Waals surface area contributed by atoms with E-state index in [0.717, 1.165) is 25.1 Å². The Hall–Kier alpha value is -1.29. The lowest BCUT2D eigenvalue weighted by molar-refractivity contribution is 0.0730. The molecule has 4 heteroatoms. The number of hydrogen-bond acceptors (Lipinski definition) is 2. The van der Waals surface area contributed by atoms with E-state index >= 15 is 0 Å². The lowest BCUT2D eigenvalue weighted by Crippen LogP contribution is -2.40. The third-order valence-corrected chi connectivity index (χ3v) is 3.85. The van der Waals surface area contributed by atoms with Crippen LogP contribution in [0.3, 0.4) is 0 Å². The van der Waals surface area contributed by atoms with Crippen LogP contribution in [0.15, 0.2) is 18.3 Å². The molecule has 1 aromatic heterocycles. The molecule has 0 bridgehead atoms. The number of rotatable bonds is 3. The van der Waals surface area contributed by atoms with Crippen molar-refractivity contribution in [1.82, 2.24) is 9.47 Å². The van der Waals surface area contributed by atoms with Gasteiger partial charge in [0.25, 0.3) is 5.91 Å². The normalized spacial score (nSPS) is 24.3. The van der Waals surface area contributed by atoms with Crippen molar-refractivity contribution in [3.63, 3.8) is 0 Å². The van der Waals surface area contributed by atoms with E-state index in [-0.39, 0.29) is 11.9 Å². The molecule has 1 saturated heterocycles. The number of carbonyl (C=O) groups excluding carboxylic acids is 1. The number of nitrogens with two attached hydrogens (primary N) is 1. The van der Waals surface area contributed by atoms with Crippen LogP contribution in [0.25, 0.3) is 0 Å². The van der Waals surface area contributed by atoms with Gasteiger partial charge in [-0.15, -0.1) is 0 Å². The Bertz CT molecular complexity index is 422. The minimum Gasteiger partial charge on any atom is -0.340 e. The van der Waals surface area contributed by atoms with E-state index in [4.69, 9.17) is 5.73 Å². The zero-order chi connectivity index (χ0) is 11.8. The number of aromatic nitrogens is 1. The van der Waals surface area contributed by atoms with Crippen molar-refractivity contribution in [2.24, 2.45) is 5.73 Å². The van der Waals surface area contributed by atoms with E-state index in [9.17, 15) is 4.79 Å². The highest BCUT2D eigenvalue weighted by Crippen LogP contribution is 2.36. The lowest BCUT2D eigenvalue weighted by atomic mass is 10.2. The topological polar surface area (TPSA) is 51.3 Å². The largest absolute Gasteiger partial charge is 0.340 e. The molecule has 0 aromatic carbocycles. The predicted molar refractivity (Wildman–Crippen MR) is 65.8 cm³/mol. The summed E-state index contributed by atoms with van der Waals surface area (Å²) in [6.07, 6.45) is 6.56. The summed E-state index contributed by atoms with van der Waals surface area (Å²) < 4.78 is 2.13. The molecular weight excluding hydrogens is 214 g/mol. The van der Waals surface area contributed by atoms with Crippen LogP contribution in [0.4, 0.5) is 0 Å². The van der Waals surface area contributed by atoms with Crippen molar-refractivity contribution >= 4 is 5.91 Å². The number of nitrogens with zero attached hydrogens (tertiary/aromatic N) is 2. The Morgan fingerprint density at radius 2 is 2.24 bits per heavy atom. The first kappa shape index (κ1) is 10.8. The van der Waals surface area contributed by atoms with Gasteiger partial charge in [0.15, 0.2) is 0 Å². The average Bonchev–Trinajstić information content (AvgIpc) is 2.92. The maximum atomic E-state index is 12.5. The Morgan fingerprint density at radius 1 is 1.41 bits per heavy atom. The molecule has 1 saturated carbocycles. The molecule has 92 valence electrons. The second kappa shape index (κ2) is 4.18. The van der Waals surface area contributed by atoms with Gasteiger partial charge in [-0.1, -0.05) is 0 Å². The van der Waals surface area contributed by atoms with Gasteiger partial charge in [0.05, 0.1) is 0 Å².